The number of carbonyl (C=O) groups excluding carboxylic acids is 1. The molecule has 140 valence electrons. The summed E-state index contributed by atoms with van der Waals surface area (Å²) in [4.78, 5) is 21.7. The number of amides is 1. The first-order valence-corrected chi connectivity index (χ1v) is 8.83. The number of rotatable bonds is 6. The number of benzene rings is 1. The highest BCUT2D eigenvalue weighted by molar-refractivity contribution is 5.86. The third kappa shape index (κ3) is 3.29. The summed E-state index contributed by atoms with van der Waals surface area (Å²) >= 11 is 0. The van der Waals surface area contributed by atoms with Crippen LogP contribution in [0.25, 0.3) is 17.4 Å². The molecule has 0 spiro atoms. The molecule has 4 rings (SSSR count). The normalized spacial score (nSPS) is 13.2. The third-order valence-electron chi connectivity index (χ3n) is 4.70. The van der Waals surface area contributed by atoms with Gasteiger partial charge < -0.3 is 10.2 Å². The lowest BCUT2D eigenvalue weighted by Crippen LogP contribution is -2.41. The summed E-state index contributed by atoms with van der Waals surface area (Å²) in [6.07, 6.45) is 5.40. The predicted octanol–water partition coefficient (Wildman–Crippen LogP) is 2.91. The average Bonchev–Trinajstić information content (AvgIpc) is 3.42. The summed E-state index contributed by atoms with van der Waals surface area (Å²) in [7, 11) is 0. The van der Waals surface area contributed by atoms with Crippen LogP contribution < -0.4 is 5.73 Å². The molecule has 3 aromatic heterocycles. The summed E-state index contributed by atoms with van der Waals surface area (Å²) in [6.45, 7) is 1.80. The van der Waals surface area contributed by atoms with Crippen LogP contribution in [0.1, 0.15) is 18.2 Å². The van der Waals surface area contributed by atoms with Crippen molar-refractivity contribution in [1.29, 1.82) is 0 Å². The van der Waals surface area contributed by atoms with Gasteiger partial charge in [0.2, 0.25) is 5.91 Å². The zero-order valence-electron chi connectivity index (χ0n) is 15.3. The Kier molecular flexibility index (Phi) is 4.49. The highest BCUT2D eigenvalue weighted by atomic mass is 16.3. The van der Waals surface area contributed by atoms with Crippen molar-refractivity contribution < 1.29 is 9.21 Å². The lowest BCUT2D eigenvalue weighted by molar-refractivity contribution is -0.123. The van der Waals surface area contributed by atoms with E-state index in [4.69, 9.17) is 10.2 Å². The van der Waals surface area contributed by atoms with Crippen molar-refractivity contribution in [1.82, 2.24) is 19.7 Å². The van der Waals surface area contributed by atoms with E-state index in [9.17, 15) is 4.79 Å². The van der Waals surface area contributed by atoms with E-state index in [1.54, 1.807) is 54.5 Å². The van der Waals surface area contributed by atoms with Gasteiger partial charge in [-0.1, -0.05) is 30.3 Å². The molecule has 1 unspecified atom stereocenters. The van der Waals surface area contributed by atoms with Crippen LogP contribution in [0.4, 0.5) is 0 Å². The largest absolute Gasteiger partial charge is 0.461 e. The van der Waals surface area contributed by atoms with E-state index in [2.05, 4.69) is 15.1 Å². The molecule has 1 amide bonds. The smallest absolute Gasteiger partial charge is 0.229 e. The Balaban J connectivity index is 1.87. The summed E-state index contributed by atoms with van der Waals surface area (Å²) < 4.78 is 7.08. The minimum atomic E-state index is -1.03. The minimum absolute atomic E-state index is 0.369. The topological polar surface area (TPSA) is 99.8 Å². The Labute approximate surface area is 161 Å². The standard InChI is InChI=1S/C21H19N5O2/c1-21(20(22)27,14-15-7-3-2-4-8-15)17-13-18(26-11-6-10-23-26)25-19(24-17)16-9-5-12-28-16/h2-13H,14H2,1H3,(H2,22,27). The Morgan fingerprint density at radius 1 is 1.14 bits per heavy atom. The summed E-state index contributed by atoms with van der Waals surface area (Å²) in [6, 6.07) is 16.8. The first-order valence-electron chi connectivity index (χ1n) is 8.83. The van der Waals surface area contributed by atoms with Crippen LogP contribution in [-0.2, 0) is 16.6 Å². The lowest BCUT2D eigenvalue weighted by Gasteiger charge is -2.26. The quantitative estimate of drug-likeness (QED) is 0.560. The fourth-order valence-electron chi connectivity index (χ4n) is 3.06. The van der Waals surface area contributed by atoms with E-state index in [1.807, 2.05) is 30.3 Å². The Morgan fingerprint density at radius 3 is 2.61 bits per heavy atom. The molecule has 7 heteroatoms. The van der Waals surface area contributed by atoms with Crippen molar-refractivity contribution in [3.05, 3.63) is 84.5 Å². The molecule has 2 N–H and O–H groups in total. The van der Waals surface area contributed by atoms with Crippen LogP contribution >= 0.6 is 0 Å². The molecular weight excluding hydrogens is 354 g/mol. The fourth-order valence-corrected chi connectivity index (χ4v) is 3.06. The van der Waals surface area contributed by atoms with Gasteiger partial charge in [-0.25, -0.2) is 14.6 Å². The first-order chi connectivity index (χ1) is 13.6. The maximum atomic E-state index is 12.5. The molecule has 3 heterocycles. The second kappa shape index (κ2) is 7.11. The highest BCUT2D eigenvalue weighted by Crippen LogP contribution is 2.30. The molecule has 0 aliphatic carbocycles. The molecule has 0 aliphatic heterocycles. The summed E-state index contributed by atoms with van der Waals surface area (Å²) in [5.74, 6) is 0.934. The third-order valence-corrected chi connectivity index (χ3v) is 4.70. The van der Waals surface area contributed by atoms with Gasteiger partial charge in [0, 0.05) is 18.5 Å². The number of aromatic nitrogens is 4. The lowest BCUT2D eigenvalue weighted by atomic mass is 9.79. The maximum Gasteiger partial charge on any atom is 0.229 e. The van der Waals surface area contributed by atoms with Gasteiger partial charge in [-0.05, 0) is 37.1 Å². The SMILES string of the molecule is CC(Cc1ccccc1)(C(N)=O)c1cc(-n2cccn2)nc(-c2ccco2)n1. The molecule has 0 aliphatic rings. The monoisotopic (exact) mass is 373 g/mol. The van der Waals surface area contributed by atoms with Crippen LogP contribution in [0.2, 0.25) is 0 Å². The Morgan fingerprint density at radius 2 is 1.96 bits per heavy atom. The number of primary amides is 1. The maximum absolute atomic E-state index is 12.5. The second-order valence-electron chi connectivity index (χ2n) is 6.72. The average molecular weight is 373 g/mol. The zero-order chi connectivity index (χ0) is 19.6. The van der Waals surface area contributed by atoms with Crippen molar-refractivity contribution in [2.45, 2.75) is 18.8 Å². The number of nitrogens with two attached hydrogens (primary N) is 1. The van der Waals surface area contributed by atoms with Gasteiger partial charge >= 0.3 is 0 Å². The number of hydrogen-bond acceptors (Lipinski definition) is 5. The van der Waals surface area contributed by atoms with E-state index in [1.165, 1.54) is 0 Å². The highest BCUT2D eigenvalue weighted by Gasteiger charge is 2.36. The van der Waals surface area contributed by atoms with Gasteiger partial charge in [-0.2, -0.15) is 5.10 Å². The van der Waals surface area contributed by atoms with Crippen LogP contribution in [0, 0.1) is 0 Å². The van der Waals surface area contributed by atoms with Gasteiger partial charge in [0.05, 0.1) is 17.4 Å². The molecule has 0 saturated carbocycles. The Hall–Kier alpha value is -3.74. The van der Waals surface area contributed by atoms with Gasteiger partial charge in [0.15, 0.2) is 17.4 Å². The van der Waals surface area contributed by atoms with Crippen molar-refractivity contribution in [2.24, 2.45) is 5.73 Å². The van der Waals surface area contributed by atoms with Crippen molar-refractivity contribution >= 4 is 5.91 Å². The zero-order valence-corrected chi connectivity index (χ0v) is 15.3. The summed E-state index contributed by atoms with van der Waals surface area (Å²) in [5, 5.41) is 4.24. The first kappa shape index (κ1) is 17.7. The number of furan rings is 1. The minimum Gasteiger partial charge on any atom is -0.461 e. The molecule has 0 bridgehead atoms. The Bertz CT molecular complexity index is 1020. The molecule has 0 fully saturated rings. The van der Waals surface area contributed by atoms with Gasteiger partial charge in [0.25, 0.3) is 0 Å². The molecule has 7 nitrogen and oxygen atoms in total. The molecule has 1 atom stereocenters. The van der Waals surface area contributed by atoms with Crippen LogP contribution in [0.15, 0.2) is 77.7 Å². The molecule has 0 radical (unpaired) electrons. The van der Waals surface area contributed by atoms with Crippen molar-refractivity contribution in [3.63, 3.8) is 0 Å². The fraction of sp³-hybridized carbons (Fsp3) is 0.143. The van der Waals surface area contributed by atoms with Crippen LogP contribution in [0.3, 0.4) is 0 Å². The molecule has 4 aromatic rings. The molecule has 28 heavy (non-hydrogen) atoms. The van der Waals surface area contributed by atoms with Gasteiger partial charge in [-0.15, -0.1) is 0 Å². The van der Waals surface area contributed by atoms with Crippen molar-refractivity contribution in [3.8, 4) is 17.4 Å². The molecular formula is C21H19N5O2. The number of carbonyl (C=O) groups is 1. The second-order valence-corrected chi connectivity index (χ2v) is 6.72. The summed E-state index contributed by atoms with van der Waals surface area (Å²) in [5.41, 5.74) is 6.31. The molecule has 0 saturated heterocycles. The van der Waals surface area contributed by atoms with Crippen molar-refractivity contribution in [2.75, 3.05) is 0 Å². The number of nitrogens with zero attached hydrogens (tertiary/aromatic N) is 4. The van der Waals surface area contributed by atoms with E-state index < -0.39 is 11.3 Å². The van der Waals surface area contributed by atoms with Crippen LogP contribution in [-0.4, -0.2) is 25.7 Å². The van der Waals surface area contributed by atoms with E-state index >= 15 is 0 Å². The van der Waals surface area contributed by atoms with E-state index in [0.29, 0.717) is 29.5 Å². The van der Waals surface area contributed by atoms with Gasteiger partial charge in [-0.3, -0.25) is 4.79 Å². The molecule has 1 aromatic carbocycles. The van der Waals surface area contributed by atoms with Crippen LogP contribution in [0.5, 0.6) is 0 Å². The number of hydrogen-bond donors (Lipinski definition) is 1. The predicted molar refractivity (Wildman–Crippen MR) is 104 cm³/mol. The van der Waals surface area contributed by atoms with E-state index in [0.717, 1.165) is 5.56 Å². The van der Waals surface area contributed by atoms with Gasteiger partial charge in [0.1, 0.15) is 0 Å². The van der Waals surface area contributed by atoms with E-state index in [-0.39, 0.29) is 0 Å².